The number of aliphatic hydroxyl groups excluding tert-OH is 1. The van der Waals surface area contributed by atoms with Crippen molar-refractivity contribution in [3.63, 3.8) is 0 Å². The molecule has 4 nitrogen and oxygen atoms in total. The van der Waals surface area contributed by atoms with Crippen LogP contribution in [0.15, 0.2) is 41.4 Å². The lowest BCUT2D eigenvalue weighted by Crippen LogP contribution is -2.14. The summed E-state index contributed by atoms with van der Waals surface area (Å²) in [5.41, 5.74) is 1.91. The lowest BCUT2D eigenvalue weighted by atomic mass is 10.1. The summed E-state index contributed by atoms with van der Waals surface area (Å²) in [5, 5.41) is 9.03. The van der Waals surface area contributed by atoms with E-state index < -0.39 is 6.43 Å². The normalized spacial score (nSPS) is 11.3. The number of aliphatic imine (C=N–C) groups is 1. The highest BCUT2D eigenvalue weighted by Crippen LogP contribution is 2.37. The molecule has 0 spiro atoms. The molecule has 0 radical (unpaired) electrons. The number of aryl methyl sites for hydroxylation is 1. The lowest BCUT2D eigenvalue weighted by molar-refractivity contribution is 0.148. The molecule has 2 aromatic rings. The summed E-state index contributed by atoms with van der Waals surface area (Å²) < 4.78 is 32.8. The number of hydrogen-bond donors (Lipinski definition) is 1. The Hall–Kier alpha value is -2.47. The minimum atomic E-state index is -2.68. The molecule has 140 valence electrons. The standard InChI is InChI=1S/C20H24F2N2O2/c1-4-24(3)13-23-18-12-17(20(21)22)19(10-14(18)2)26-16-7-5-6-15(11-16)8-9-25/h5-7,10-13,20,25H,4,8-9H2,1-3H3. The summed E-state index contributed by atoms with van der Waals surface area (Å²) in [5.74, 6) is 0.570. The van der Waals surface area contributed by atoms with Crippen LogP contribution in [0.25, 0.3) is 0 Å². The van der Waals surface area contributed by atoms with Gasteiger partial charge in [0, 0.05) is 20.2 Å². The summed E-state index contributed by atoms with van der Waals surface area (Å²) in [6.45, 7) is 4.58. The minimum absolute atomic E-state index is 0.0176. The van der Waals surface area contributed by atoms with Crippen molar-refractivity contribution in [3.05, 3.63) is 53.1 Å². The van der Waals surface area contributed by atoms with E-state index in [1.54, 1.807) is 30.6 Å². The zero-order valence-electron chi connectivity index (χ0n) is 15.2. The number of alkyl halides is 2. The van der Waals surface area contributed by atoms with Crippen molar-refractivity contribution in [2.24, 2.45) is 4.99 Å². The van der Waals surface area contributed by atoms with Crippen LogP contribution in [0.1, 0.15) is 30.0 Å². The third-order valence-electron chi connectivity index (χ3n) is 3.98. The zero-order valence-corrected chi connectivity index (χ0v) is 15.2. The number of halogens is 2. The second kappa shape index (κ2) is 9.29. The van der Waals surface area contributed by atoms with Gasteiger partial charge in [-0.3, -0.25) is 0 Å². The molecule has 1 N–H and O–H groups in total. The van der Waals surface area contributed by atoms with Crippen molar-refractivity contribution in [2.75, 3.05) is 20.2 Å². The van der Waals surface area contributed by atoms with Gasteiger partial charge in [0.05, 0.1) is 17.6 Å². The third kappa shape index (κ3) is 5.26. The van der Waals surface area contributed by atoms with Gasteiger partial charge in [-0.1, -0.05) is 12.1 Å². The van der Waals surface area contributed by atoms with Crippen LogP contribution in [0, 0.1) is 6.92 Å². The average Bonchev–Trinajstić information content (AvgIpc) is 2.61. The monoisotopic (exact) mass is 362 g/mol. The van der Waals surface area contributed by atoms with Crippen LogP contribution in [-0.4, -0.2) is 36.5 Å². The molecular weight excluding hydrogens is 338 g/mol. The Bertz CT molecular complexity index is 763. The summed E-state index contributed by atoms with van der Waals surface area (Å²) in [4.78, 5) is 6.15. The molecule has 0 aliphatic heterocycles. The van der Waals surface area contributed by atoms with E-state index in [1.165, 1.54) is 6.07 Å². The van der Waals surface area contributed by atoms with Gasteiger partial charge >= 0.3 is 0 Å². The summed E-state index contributed by atoms with van der Waals surface area (Å²) in [7, 11) is 1.86. The molecule has 0 heterocycles. The highest BCUT2D eigenvalue weighted by atomic mass is 19.3. The molecule has 0 aliphatic carbocycles. The first-order chi connectivity index (χ1) is 12.4. The summed E-state index contributed by atoms with van der Waals surface area (Å²) in [6, 6.07) is 10.0. The molecule has 0 fully saturated rings. The van der Waals surface area contributed by atoms with Crippen molar-refractivity contribution < 1.29 is 18.6 Å². The smallest absolute Gasteiger partial charge is 0.267 e. The third-order valence-corrected chi connectivity index (χ3v) is 3.98. The Morgan fingerprint density at radius 1 is 1.27 bits per heavy atom. The van der Waals surface area contributed by atoms with E-state index in [9.17, 15) is 8.78 Å². The maximum Gasteiger partial charge on any atom is 0.267 e. The molecule has 0 aromatic heterocycles. The molecule has 0 atom stereocenters. The van der Waals surface area contributed by atoms with Crippen LogP contribution in [0.2, 0.25) is 0 Å². The Kier molecular flexibility index (Phi) is 7.09. The van der Waals surface area contributed by atoms with Crippen molar-refractivity contribution in [2.45, 2.75) is 26.7 Å². The molecule has 2 aromatic carbocycles. The van der Waals surface area contributed by atoms with Crippen molar-refractivity contribution in [3.8, 4) is 11.5 Å². The van der Waals surface area contributed by atoms with E-state index in [1.807, 2.05) is 31.9 Å². The van der Waals surface area contributed by atoms with Gasteiger partial charge in [0.1, 0.15) is 11.5 Å². The maximum absolute atomic E-state index is 13.5. The fourth-order valence-corrected chi connectivity index (χ4v) is 2.35. The first kappa shape index (κ1) is 19.8. The van der Waals surface area contributed by atoms with Crippen molar-refractivity contribution >= 4 is 12.0 Å². The van der Waals surface area contributed by atoms with Crippen LogP contribution in [0.4, 0.5) is 14.5 Å². The molecular formula is C20H24F2N2O2. The Labute approximate surface area is 152 Å². The first-order valence-corrected chi connectivity index (χ1v) is 8.49. The molecule has 2 rings (SSSR count). The number of benzene rings is 2. The van der Waals surface area contributed by atoms with Crippen molar-refractivity contribution in [1.29, 1.82) is 0 Å². The highest BCUT2D eigenvalue weighted by molar-refractivity contribution is 5.65. The predicted octanol–water partition coefficient (Wildman–Crippen LogP) is 4.87. The van der Waals surface area contributed by atoms with E-state index in [0.717, 1.165) is 17.7 Å². The van der Waals surface area contributed by atoms with Crippen LogP contribution in [-0.2, 0) is 6.42 Å². The minimum Gasteiger partial charge on any atom is -0.457 e. The molecule has 0 bridgehead atoms. The summed E-state index contributed by atoms with van der Waals surface area (Å²) >= 11 is 0. The first-order valence-electron chi connectivity index (χ1n) is 8.49. The second-order valence-electron chi connectivity index (χ2n) is 6.02. The molecule has 0 unspecified atom stereocenters. The maximum atomic E-state index is 13.5. The number of hydrogen-bond acceptors (Lipinski definition) is 3. The Morgan fingerprint density at radius 3 is 2.69 bits per heavy atom. The SMILES string of the molecule is CCN(C)C=Nc1cc(C(F)F)c(Oc2cccc(CCO)c2)cc1C. The molecule has 6 heteroatoms. The summed E-state index contributed by atoms with van der Waals surface area (Å²) in [6.07, 6.45) is -0.573. The molecule has 0 saturated carbocycles. The van der Waals surface area contributed by atoms with Gasteiger partial charge in [0.2, 0.25) is 0 Å². The van der Waals surface area contributed by atoms with Crippen LogP contribution in [0.5, 0.6) is 11.5 Å². The van der Waals surface area contributed by atoms with Gasteiger partial charge in [0.15, 0.2) is 0 Å². The van der Waals surface area contributed by atoms with Crippen LogP contribution >= 0.6 is 0 Å². The van der Waals surface area contributed by atoms with Gasteiger partial charge < -0.3 is 14.7 Å². The Morgan fingerprint density at radius 2 is 2.04 bits per heavy atom. The van der Waals surface area contributed by atoms with E-state index in [0.29, 0.717) is 17.9 Å². The zero-order chi connectivity index (χ0) is 19.1. The molecule has 0 amide bonds. The highest BCUT2D eigenvalue weighted by Gasteiger charge is 2.17. The topological polar surface area (TPSA) is 45.1 Å². The van der Waals surface area contributed by atoms with Crippen LogP contribution < -0.4 is 4.74 Å². The van der Waals surface area contributed by atoms with Gasteiger partial charge in [0.25, 0.3) is 6.43 Å². The van der Waals surface area contributed by atoms with E-state index in [2.05, 4.69) is 4.99 Å². The lowest BCUT2D eigenvalue weighted by Gasteiger charge is -2.15. The average molecular weight is 362 g/mol. The number of rotatable bonds is 8. The molecule has 26 heavy (non-hydrogen) atoms. The van der Waals surface area contributed by atoms with Crippen molar-refractivity contribution in [1.82, 2.24) is 4.90 Å². The molecule has 0 aliphatic rings. The van der Waals surface area contributed by atoms with E-state index >= 15 is 0 Å². The Balaban J connectivity index is 2.35. The largest absolute Gasteiger partial charge is 0.457 e. The molecule has 0 saturated heterocycles. The fraction of sp³-hybridized carbons (Fsp3) is 0.350. The van der Waals surface area contributed by atoms with Gasteiger partial charge in [-0.25, -0.2) is 13.8 Å². The second-order valence-corrected chi connectivity index (χ2v) is 6.02. The van der Waals surface area contributed by atoms with Crippen LogP contribution in [0.3, 0.4) is 0 Å². The van der Waals surface area contributed by atoms with Gasteiger partial charge in [-0.15, -0.1) is 0 Å². The number of aliphatic hydroxyl groups is 1. The quantitative estimate of drug-likeness (QED) is 0.538. The fourth-order valence-electron chi connectivity index (χ4n) is 2.35. The number of nitrogens with zero attached hydrogens (tertiary/aromatic N) is 2. The van der Waals surface area contributed by atoms with Gasteiger partial charge in [-0.2, -0.15) is 0 Å². The van der Waals surface area contributed by atoms with E-state index in [-0.39, 0.29) is 17.9 Å². The predicted molar refractivity (Wildman–Crippen MR) is 99.9 cm³/mol. The van der Waals surface area contributed by atoms with Gasteiger partial charge in [-0.05, 0) is 55.7 Å². The number of ether oxygens (including phenoxy) is 1. The van der Waals surface area contributed by atoms with E-state index in [4.69, 9.17) is 9.84 Å².